The number of carbonyl (C=O) groups excluding carboxylic acids is 2. The third kappa shape index (κ3) is 3.55. The molecule has 32 heavy (non-hydrogen) atoms. The van der Waals surface area contributed by atoms with Gasteiger partial charge in [0.15, 0.2) is 12.4 Å². The molecule has 7 nitrogen and oxygen atoms in total. The van der Waals surface area contributed by atoms with E-state index >= 15 is 4.39 Å². The van der Waals surface area contributed by atoms with Crippen LogP contribution in [0.3, 0.4) is 0 Å². The number of nitrogens with one attached hydrogen (secondary N) is 1. The van der Waals surface area contributed by atoms with Crippen molar-refractivity contribution in [2.75, 3.05) is 19.0 Å². The predicted molar refractivity (Wildman–Crippen MR) is 113 cm³/mol. The van der Waals surface area contributed by atoms with Gasteiger partial charge in [0.2, 0.25) is 0 Å². The molecule has 0 spiro atoms. The lowest BCUT2D eigenvalue weighted by Gasteiger charge is -2.61. The van der Waals surface area contributed by atoms with E-state index in [0.29, 0.717) is 35.3 Å². The van der Waals surface area contributed by atoms with Gasteiger partial charge in [-0.2, -0.15) is 0 Å². The monoisotopic (exact) mass is 442 g/mol. The molecular weight excluding hydrogens is 415 g/mol. The van der Waals surface area contributed by atoms with Gasteiger partial charge in [0.25, 0.3) is 5.91 Å². The molecule has 1 aromatic carbocycles. The summed E-state index contributed by atoms with van der Waals surface area (Å²) in [5, 5.41) is 6.27. The predicted octanol–water partition coefficient (Wildman–Crippen LogP) is 4.15. The first-order valence-corrected chi connectivity index (χ1v) is 11.1. The van der Waals surface area contributed by atoms with E-state index in [0.717, 1.165) is 32.1 Å². The molecule has 0 radical (unpaired) electrons. The molecule has 0 saturated heterocycles. The molecule has 4 bridgehead atoms. The Morgan fingerprint density at radius 1 is 1.22 bits per heavy atom. The normalized spacial score (nSPS) is 30.2. The molecule has 1 aromatic heterocycles. The van der Waals surface area contributed by atoms with E-state index in [1.54, 1.807) is 19.1 Å². The van der Waals surface area contributed by atoms with Gasteiger partial charge in [-0.25, -0.2) is 4.39 Å². The Labute approximate surface area is 185 Å². The number of nitrogens with zero attached hydrogens (tertiary/aromatic N) is 1. The summed E-state index contributed by atoms with van der Waals surface area (Å²) in [7, 11) is 1.52. The number of ether oxygens (including phenoxy) is 2. The van der Waals surface area contributed by atoms with Gasteiger partial charge >= 0.3 is 5.97 Å². The fraction of sp³-hybridized carbons (Fsp3) is 0.542. The highest BCUT2D eigenvalue weighted by molar-refractivity contribution is 5.92. The summed E-state index contributed by atoms with van der Waals surface area (Å²) in [6.07, 6.45) is 4.87. The summed E-state index contributed by atoms with van der Waals surface area (Å²) in [6.45, 7) is 1.34. The molecule has 4 atom stereocenters. The zero-order chi connectivity index (χ0) is 22.5. The molecule has 2 aromatic rings. The minimum atomic E-state index is -0.665. The SMILES string of the molecule is COc1ccc(C23C[C@@H]4C[C@@H](CC(C(=O)OCC(=O)Nc5cc(C)on5)(C4)C2)C3)c(F)c1. The second-order valence-corrected chi connectivity index (χ2v) is 9.81. The van der Waals surface area contributed by atoms with Crippen LogP contribution in [-0.4, -0.2) is 30.7 Å². The van der Waals surface area contributed by atoms with Crippen molar-refractivity contribution in [1.82, 2.24) is 5.16 Å². The first-order chi connectivity index (χ1) is 15.3. The van der Waals surface area contributed by atoms with Crippen LogP contribution < -0.4 is 10.1 Å². The second kappa shape index (κ2) is 7.60. The van der Waals surface area contributed by atoms with Crippen LogP contribution >= 0.6 is 0 Å². The van der Waals surface area contributed by atoms with Gasteiger partial charge in [0.1, 0.15) is 17.3 Å². The van der Waals surface area contributed by atoms with Gasteiger partial charge in [0, 0.05) is 12.1 Å². The Kier molecular flexibility index (Phi) is 4.98. The number of esters is 1. The van der Waals surface area contributed by atoms with E-state index in [9.17, 15) is 9.59 Å². The van der Waals surface area contributed by atoms with Crippen LogP contribution in [0, 0.1) is 30.0 Å². The largest absolute Gasteiger partial charge is 0.497 e. The second-order valence-electron chi connectivity index (χ2n) is 9.81. The van der Waals surface area contributed by atoms with Crippen molar-refractivity contribution < 1.29 is 28.0 Å². The number of benzene rings is 1. The average molecular weight is 442 g/mol. The fourth-order valence-corrected chi connectivity index (χ4v) is 6.76. The van der Waals surface area contributed by atoms with Crippen LogP contribution in [-0.2, 0) is 19.7 Å². The lowest BCUT2D eigenvalue weighted by Crippen LogP contribution is -2.57. The molecule has 4 saturated carbocycles. The van der Waals surface area contributed by atoms with Crippen molar-refractivity contribution in [2.24, 2.45) is 17.3 Å². The van der Waals surface area contributed by atoms with Crippen molar-refractivity contribution in [2.45, 2.75) is 50.9 Å². The Balaban J connectivity index is 1.33. The molecule has 4 fully saturated rings. The summed E-state index contributed by atoms with van der Waals surface area (Å²) in [4.78, 5) is 25.5. The molecule has 1 amide bonds. The molecule has 6 rings (SSSR count). The number of aromatic nitrogens is 1. The highest BCUT2D eigenvalue weighted by atomic mass is 19.1. The average Bonchev–Trinajstić information content (AvgIpc) is 3.15. The number of methoxy groups -OCH3 is 1. The van der Waals surface area contributed by atoms with Crippen molar-refractivity contribution in [3.8, 4) is 5.75 Å². The smallest absolute Gasteiger partial charge is 0.312 e. The molecule has 1 N–H and O–H groups in total. The van der Waals surface area contributed by atoms with Crippen molar-refractivity contribution in [3.05, 3.63) is 41.4 Å². The molecule has 2 unspecified atom stereocenters. The molecule has 170 valence electrons. The number of anilines is 1. The van der Waals surface area contributed by atoms with Crippen molar-refractivity contribution in [1.29, 1.82) is 0 Å². The number of carbonyl (C=O) groups is 2. The highest BCUT2D eigenvalue weighted by Gasteiger charge is 2.62. The van der Waals surface area contributed by atoms with Crippen LogP contribution in [0.15, 0.2) is 28.8 Å². The van der Waals surface area contributed by atoms with Gasteiger partial charge < -0.3 is 19.3 Å². The van der Waals surface area contributed by atoms with Crippen molar-refractivity contribution in [3.63, 3.8) is 0 Å². The minimum Gasteiger partial charge on any atom is -0.497 e. The van der Waals surface area contributed by atoms with E-state index < -0.39 is 11.3 Å². The van der Waals surface area contributed by atoms with Gasteiger partial charge in [0.05, 0.1) is 12.5 Å². The fourth-order valence-electron chi connectivity index (χ4n) is 6.76. The maximum atomic E-state index is 15.1. The molecule has 1 heterocycles. The van der Waals surface area contributed by atoms with Crippen LogP contribution in [0.4, 0.5) is 10.2 Å². The molecule has 4 aliphatic rings. The first-order valence-electron chi connectivity index (χ1n) is 11.1. The number of rotatable bonds is 6. The number of halogens is 1. The maximum absolute atomic E-state index is 15.1. The topological polar surface area (TPSA) is 90.7 Å². The van der Waals surface area contributed by atoms with Crippen LogP contribution in [0.25, 0.3) is 0 Å². The van der Waals surface area contributed by atoms with E-state index in [1.165, 1.54) is 13.2 Å². The van der Waals surface area contributed by atoms with Crippen LogP contribution in [0.2, 0.25) is 0 Å². The third-order valence-corrected chi connectivity index (χ3v) is 7.47. The number of hydrogen-bond acceptors (Lipinski definition) is 6. The van der Waals surface area contributed by atoms with Gasteiger partial charge in [-0.3, -0.25) is 9.59 Å². The summed E-state index contributed by atoms with van der Waals surface area (Å²) in [6, 6.07) is 6.62. The highest BCUT2D eigenvalue weighted by Crippen LogP contribution is 2.66. The molecular formula is C24H27FN2O5. The first kappa shape index (κ1) is 21.0. The zero-order valence-electron chi connectivity index (χ0n) is 18.3. The van der Waals surface area contributed by atoms with E-state index in [4.69, 9.17) is 14.0 Å². The van der Waals surface area contributed by atoms with E-state index in [1.807, 2.05) is 6.07 Å². The Morgan fingerprint density at radius 3 is 2.59 bits per heavy atom. The molecule has 8 heteroatoms. The summed E-state index contributed by atoms with van der Waals surface area (Å²) in [5.41, 5.74) is -0.370. The number of hydrogen-bond donors (Lipinski definition) is 1. The van der Waals surface area contributed by atoms with Crippen molar-refractivity contribution >= 4 is 17.7 Å². The Hall–Kier alpha value is -2.90. The summed E-state index contributed by atoms with van der Waals surface area (Å²) < 4.78 is 30.6. The van der Waals surface area contributed by atoms with Crippen LogP contribution in [0.1, 0.15) is 49.8 Å². The number of aryl methyl sites for hydroxylation is 1. The molecule has 0 aliphatic heterocycles. The van der Waals surface area contributed by atoms with Gasteiger partial charge in [-0.05, 0) is 74.3 Å². The third-order valence-electron chi connectivity index (χ3n) is 7.47. The maximum Gasteiger partial charge on any atom is 0.312 e. The molecule has 4 aliphatic carbocycles. The van der Waals surface area contributed by atoms with E-state index in [-0.39, 0.29) is 29.6 Å². The Morgan fingerprint density at radius 2 is 1.97 bits per heavy atom. The Bertz CT molecular complexity index is 1050. The standard InChI is InChI=1S/C24H27FN2O5/c1-14-5-20(27-32-14)26-21(28)12-31-22(29)24-10-15-6-16(11-24)9-23(8-15,13-24)18-4-3-17(30-2)7-19(18)25/h3-5,7,15-16H,6,8-13H2,1-2H3,(H,26,27,28)/t15-,16+,23?,24?. The quantitative estimate of drug-likeness (QED) is 0.676. The summed E-state index contributed by atoms with van der Waals surface area (Å²) in [5.74, 6) is 0.961. The zero-order valence-corrected chi connectivity index (χ0v) is 18.3. The number of amides is 1. The summed E-state index contributed by atoms with van der Waals surface area (Å²) >= 11 is 0. The van der Waals surface area contributed by atoms with Gasteiger partial charge in [-0.1, -0.05) is 11.2 Å². The lowest BCUT2D eigenvalue weighted by atomic mass is 9.43. The van der Waals surface area contributed by atoms with Gasteiger partial charge in [-0.15, -0.1) is 0 Å². The van der Waals surface area contributed by atoms with E-state index in [2.05, 4.69) is 10.5 Å². The lowest BCUT2D eigenvalue weighted by molar-refractivity contribution is -0.175. The minimum absolute atomic E-state index is 0.280. The van der Waals surface area contributed by atoms with Crippen LogP contribution in [0.5, 0.6) is 5.75 Å².